The Labute approximate surface area is 75.7 Å². The van der Waals surface area contributed by atoms with Gasteiger partial charge in [0.2, 0.25) is 0 Å². The lowest BCUT2D eigenvalue weighted by Crippen LogP contribution is -2.40. The van der Waals surface area contributed by atoms with Gasteiger partial charge < -0.3 is 5.32 Å². The Balaban J connectivity index is 1.87. The first-order valence-electron chi connectivity index (χ1n) is 4.79. The van der Waals surface area contributed by atoms with Crippen molar-refractivity contribution in [3.8, 4) is 0 Å². The molecule has 0 spiro atoms. The van der Waals surface area contributed by atoms with Crippen molar-refractivity contribution in [2.75, 3.05) is 13.1 Å². The van der Waals surface area contributed by atoms with Gasteiger partial charge in [-0.05, 0) is 37.1 Å². The molecule has 2 atom stereocenters. The van der Waals surface area contributed by atoms with E-state index in [1.807, 2.05) is 0 Å². The van der Waals surface area contributed by atoms with E-state index >= 15 is 0 Å². The molecule has 2 unspecified atom stereocenters. The van der Waals surface area contributed by atoms with Crippen LogP contribution in [0.4, 0.5) is 13.2 Å². The van der Waals surface area contributed by atoms with Gasteiger partial charge in [-0.1, -0.05) is 0 Å². The first-order chi connectivity index (χ1) is 6.02. The highest BCUT2D eigenvalue weighted by Crippen LogP contribution is 2.53. The van der Waals surface area contributed by atoms with Gasteiger partial charge in [0.15, 0.2) is 0 Å². The summed E-state index contributed by atoms with van der Waals surface area (Å²) in [5.74, 6) is 0.523. The monoisotopic (exact) mass is 193 g/mol. The van der Waals surface area contributed by atoms with Crippen LogP contribution in [0.3, 0.4) is 0 Å². The second kappa shape index (κ2) is 2.87. The van der Waals surface area contributed by atoms with Crippen molar-refractivity contribution in [2.45, 2.75) is 31.9 Å². The average molecular weight is 193 g/mol. The van der Waals surface area contributed by atoms with Gasteiger partial charge in [0.25, 0.3) is 0 Å². The molecule has 0 amide bonds. The molecule has 1 N–H and O–H groups in total. The zero-order chi connectivity index (χ0) is 9.53. The molecule has 2 fully saturated rings. The van der Waals surface area contributed by atoms with Crippen LogP contribution in [0.25, 0.3) is 0 Å². The molecule has 1 saturated heterocycles. The minimum Gasteiger partial charge on any atom is -0.316 e. The lowest BCUT2D eigenvalue weighted by molar-refractivity contribution is -0.145. The fourth-order valence-electron chi connectivity index (χ4n) is 2.61. The minimum atomic E-state index is -3.97. The van der Waals surface area contributed by atoms with Crippen molar-refractivity contribution in [3.63, 3.8) is 0 Å². The smallest absolute Gasteiger partial charge is 0.316 e. The van der Waals surface area contributed by atoms with Gasteiger partial charge in [-0.2, -0.15) is 13.2 Å². The van der Waals surface area contributed by atoms with E-state index in [1.165, 1.54) is 0 Å². The molecule has 2 aliphatic rings. The number of hydrogen-bond acceptors (Lipinski definition) is 1. The summed E-state index contributed by atoms with van der Waals surface area (Å²) >= 11 is 0. The van der Waals surface area contributed by atoms with E-state index in [4.69, 9.17) is 0 Å². The Morgan fingerprint density at radius 3 is 2.62 bits per heavy atom. The number of nitrogens with one attached hydrogen (secondary N) is 1. The zero-order valence-corrected chi connectivity index (χ0v) is 7.45. The van der Waals surface area contributed by atoms with Gasteiger partial charge in [-0.3, -0.25) is 0 Å². The summed E-state index contributed by atoms with van der Waals surface area (Å²) in [6.45, 7) is 1.73. The fourth-order valence-corrected chi connectivity index (χ4v) is 2.61. The number of halogens is 3. The number of alkyl halides is 3. The molecule has 1 nitrogen and oxygen atoms in total. The Bertz CT molecular complexity index is 202. The summed E-state index contributed by atoms with van der Waals surface area (Å²) < 4.78 is 36.0. The van der Waals surface area contributed by atoms with Crippen molar-refractivity contribution in [1.29, 1.82) is 0 Å². The van der Waals surface area contributed by atoms with Crippen molar-refractivity contribution < 1.29 is 13.2 Å². The van der Waals surface area contributed by atoms with Gasteiger partial charge in [-0.15, -0.1) is 0 Å². The summed E-state index contributed by atoms with van der Waals surface area (Å²) in [7, 11) is 0. The molecule has 1 saturated carbocycles. The van der Waals surface area contributed by atoms with Gasteiger partial charge in [0.1, 0.15) is 0 Å². The molecule has 0 radical (unpaired) electrons. The molecule has 76 valence electrons. The van der Waals surface area contributed by atoms with Crippen LogP contribution in [0.2, 0.25) is 0 Å². The lowest BCUT2D eigenvalue weighted by Gasteiger charge is -2.44. The molecule has 4 heteroatoms. The van der Waals surface area contributed by atoms with E-state index in [9.17, 15) is 13.2 Å². The van der Waals surface area contributed by atoms with Gasteiger partial charge in [-0.25, -0.2) is 0 Å². The molecule has 0 bridgehead atoms. The van der Waals surface area contributed by atoms with Crippen LogP contribution in [0.1, 0.15) is 25.7 Å². The first-order valence-corrected chi connectivity index (χ1v) is 4.79. The standard InChI is InChI=1S/C9H14F3N/c10-9(11,12)4-3-8-2-1-7(8)5-13-6-8/h7,13H,1-6H2. The Hall–Kier alpha value is -0.250. The molecule has 2 rings (SSSR count). The van der Waals surface area contributed by atoms with E-state index in [0.29, 0.717) is 12.3 Å². The molecule has 1 aliphatic carbocycles. The average Bonchev–Trinajstić information content (AvgIpc) is 2.24. The second-order valence-electron chi connectivity index (χ2n) is 4.34. The molecular formula is C9H14F3N. The molecule has 0 aromatic rings. The second-order valence-corrected chi connectivity index (χ2v) is 4.34. The van der Waals surface area contributed by atoms with Crippen molar-refractivity contribution >= 4 is 0 Å². The van der Waals surface area contributed by atoms with E-state index in [2.05, 4.69) is 5.32 Å². The quantitative estimate of drug-likeness (QED) is 0.709. The fraction of sp³-hybridized carbons (Fsp3) is 1.00. The molecular weight excluding hydrogens is 179 g/mol. The third-order valence-corrected chi connectivity index (χ3v) is 3.63. The largest absolute Gasteiger partial charge is 0.389 e. The van der Waals surface area contributed by atoms with Crippen molar-refractivity contribution in [3.05, 3.63) is 0 Å². The normalized spacial score (nSPS) is 38.5. The molecule has 0 aromatic carbocycles. The third-order valence-electron chi connectivity index (χ3n) is 3.63. The van der Waals surface area contributed by atoms with Crippen LogP contribution >= 0.6 is 0 Å². The molecule has 1 aliphatic heterocycles. The first kappa shape index (κ1) is 9.31. The molecule has 0 aromatic heterocycles. The van der Waals surface area contributed by atoms with E-state index in [1.54, 1.807) is 0 Å². The number of hydrogen-bond donors (Lipinski definition) is 1. The summed E-state index contributed by atoms with van der Waals surface area (Å²) in [6, 6.07) is 0. The van der Waals surface area contributed by atoms with Crippen LogP contribution in [-0.2, 0) is 0 Å². The lowest BCUT2D eigenvalue weighted by atomic mass is 9.60. The van der Waals surface area contributed by atoms with E-state index < -0.39 is 12.6 Å². The maximum Gasteiger partial charge on any atom is 0.389 e. The maximum atomic E-state index is 12.0. The third kappa shape index (κ3) is 1.68. The van der Waals surface area contributed by atoms with E-state index in [0.717, 1.165) is 25.9 Å². The predicted octanol–water partition coefficient (Wildman–Crippen LogP) is 2.33. The van der Waals surface area contributed by atoms with Gasteiger partial charge in [0, 0.05) is 13.0 Å². The van der Waals surface area contributed by atoms with Crippen LogP contribution < -0.4 is 5.32 Å². The summed E-state index contributed by atoms with van der Waals surface area (Å²) in [6.07, 6.45) is -2.15. The predicted molar refractivity (Wildman–Crippen MR) is 43.3 cm³/mol. The SMILES string of the molecule is FC(F)(F)CCC12CCC1CNC2. The highest BCUT2D eigenvalue weighted by molar-refractivity contribution is 5.02. The van der Waals surface area contributed by atoms with Crippen LogP contribution in [0, 0.1) is 11.3 Å². The van der Waals surface area contributed by atoms with Crippen LogP contribution in [-0.4, -0.2) is 19.3 Å². The van der Waals surface area contributed by atoms with Crippen molar-refractivity contribution in [1.82, 2.24) is 5.32 Å². The Kier molecular flexibility index (Phi) is 2.06. The Morgan fingerprint density at radius 2 is 2.15 bits per heavy atom. The number of fused-ring (bicyclic) bond motifs is 1. The highest BCUT2D eigenvalue weighted by Gasteiger charge is 2.50. The topological polar surface area (TPSA) is 12.0 Å². The summed E-state index contributed by atoms with van der Waals surface area (Å²) in [4.78, 5) is 0. The Morgan fingerprint density at radius 1 is 1.38 bits per heavy atom. The van der Waals surface area contributed by atoms with E-state index in [-0.39, 0.29) is 5.41 Å². The number of rotatable bonds is 2. The highest BCUT2D eigenvalue weighted by atomic mass is 19.4. The maximum absolute atomic E-state index is 12.0. The minimum absolute atomic E-state index is 0.00944. The van der Waals surface area contributed by atoms with Gasteiger partial charge >= 0.3 is 6.18 Å². The zero-order valence-electron chi connectivity index (χ0n) is 7.45. The molecule has 1 heterocycles. The molecule has 13 heavy (non-hydrogen) atoms. The van der Waals surface area contributed by atoms with Crippen molar-refractivity contribution in [2.24, 2.45) is 11.3 Å². The summed E-state index contributed by atoms with van der Waals surface area (Å²) in [5, 5.41) is 3.19. The van der Waals surface area contributed by atoms with Crippen LogP contribution in [0.5, 0.6) is 0 Å². The summed E-state index contributed by atoms with van der Waals surface area (Å²) in [5.41, 5.74) is 0.00944. The van der Waals surface area contributed by atoms with Gasteiger partial charge in [0.05, 0.1) is 0 Å². The van der Waals surface area contributed by atoms with Crippen LogP contribution in [0.15, 0.2) is 0 Å².